The van der Waals surface area contributed by atoms with Gasteiger partial charge < -0.3 is 4.42 Å². The Morgan fingerprint density at radius 1 is 1.16 bits per heavy atom. The third-order valence-corrected chi connectivity index (χ3v) is 2.87. The molecule has 4 heteroatoms. The molecule has 0 bridgehead atoms. The molecule has 4 nitrogen and oxygen atoms in total. The first-order chi connectivity index (χ1) is 9.26. The predicted molar refractivity (Wildman–Crippen MR) is 71.4 cm³/mol. The Bertz CT molecular complexity index is 708. The fraction of sp³-hybridized carbons (Fsp3) is 0.0667. The molecule has 0 spiro atoms. The van der Waals surface area contributed by atoms with E-state index in [1.165, 1.54) is 0 Å². The topological polar surface area (TPSA) is 48.0 Å². The third kappa shape index (κ3) is 2.20. The van der Waals surface area contributed by atoms with Gasteiger partial charge in [-0.2, -0.15) is 5.10 Å². The summed E-state index contributed by atoms with van der Waals surface area (Å²) in [6, 6.07) is 11.3. The molecule has 0 amide bonds. The largest absolute Gasteiger partial charge is 0.453 e. The van der Waals surface area contributed by atoms with Gasteiger partial charge in [-0.3, -0.25) is 4.79 Å². The van der Waals surface area contributed by atoms with Gasteiger partial charge in [0.1, 0.15) is 5.76 Å². The van der Waals surface area contributed by atoms with Crippen LogP contribution in [0.15, 0.2) is 53.2 Å². The molecule has 0 saturated carbocycles. The second-order valence-corrected chi connectivity index (χ2v) is 4.33. The molecular weight excluding hydrogens is 240 g/mol. The minimum absolute atomic E-state index is 0.335. The lowest BCUT2D eigenvalue weighted by Gasteiger charge is -2.02. The van der Waals surface area contributed by atoms with E-state index in [-0.39, 0.29) is 0 Å². The Morgan fingerprint density at radius 2 is 1.95 bits per heavy atom. The standard InChI is InChI=1S/C15H12N2O2/c1-11-8-16-17(9-11)13-4-2-12(3-5-13)15-7-6-14(10-18)19-15/h2-10H,1H3. The maximum Gasteiger partial charge on any atom is 0.185 e. The molecule has 0 aliphatic carbocycles. The van der Waals surface area contributed by atoms with Crippen molar-refractivity contribution in [2.45, 2.75) is 6.92 Å². The molecular formula is C15H12N2O2. The highest BCUT2D eigenvalue weighted by atomic mass is 16.3. The van der Waals surface area contributed by atoms with E-state index in [1.54, 1.807) is 12.1 Å². The lowest BCUT2D eigenvalue weighted by atomic mass is 10.1. The number of benzene rings is 1. The Labute approximate surface area is 110 Å². The zero-order valence-corrected chi connectivity index (χ0v) is 10.4. The van der Waals surface area contributed by atoms with Crippen molar-refractivity contribution >= 4 is 6.29 Å². The minimum Gasteiger partial charge on any atom is -0.453 e. The van der Waals surface area contributed by atoms with E-state index in [4.69, 9.17) is 4.42 Å². The fourth-order valence-electron chi connectivity index (χ4n) is 1.90. The number of hydrogen-bond acceptors (Lipinski definition) is 3. The van der Waals surface area contributed by atoms with Crippen LogP contribution < -0.4 is 0 Å². The smallest absolute Gasteiger partial charge is 0.185 e. The van der Waals surface area contributed by atoms with Crippen LogP contribution in [0, 0.1) is 6.92 Å². The van der Waals surface area contributed by atoms with E-state index in [2.05, 4.69) is 5.10 Å². The van der Waals surface area contributed by atoms with E-state index in [0.717, 1.165) is 16.8 Å². The van der Waals surface area contributed by atoms with E-state index in [9.17, 15) is 4.79 Å². The van der Waals surface area contributed by atoms with Crippen LogP contribution in [0.3, 0.4) is 0 Å². The van der Waals surface area contributed by atoms with Gasteiger partial charge in [0.15, 0.2) is 12.0 Å². The molecule has 0 aliphatic rings. The van der Waals surface area contributed by atoms with Crippen molar-refractivity contribution in [2.24, 2.45) is 0 Å². The highest BCUT2D eigenvalue weighted by Gasteiger charge is 2.05. The summed E-state index contributed by atoms with van der Waals surface area (Å²) < 4.78 is 7.20. The first kappa shape index (κ1) is 11.5. The fourth-order valence-corrected chi connectivity index (χ4v) is 1.90. The first-order valence-corrected chi connectivity index (χ1v) is 5.93. The first-order valence-electron chi connectivity index (χ1n) is 5.93. The van der Waals surface area contributed by atoms with Crippen LogP contribution in [0.2, 0.25) is 0 Å². The van der Waals surface area contributed by atoms with Gasteiger partial charge in [-0.05, 0) is 48.9 Å². The molecule has 0 radical (unpaired) electrons. The van der Waals surface area contributed by atoms with Crippen LogP contribution in [0.4, 0.5) is 0 Å². The summed E-state index contributed by atoms with van der Waals surface area (Å²) in [5, 5.41) is 4.25. The van der Waals surface area contributed by atoms with E-state index < -0.39 is 0 Å². The summed E-state index contributed by atoms with van der Waals surface area (Å²) in [7, 11) is 0. The quantitative estimate of drug-likeness (QED) is 0.672. The zero-order chi connectivity index (χ0) is 13.2. The van der Waals surface area contributed by atoms with Crippen molar-refractivity contribution in [3.05, 3.63) is 60.1 Å². The zero-order valence-electron chi connectivity index (χ0n) is 10.4. The van der Waals surface area contributed by atoms with Crippen molar-refractivity contribution in [2.75, 3.05) is 0 Å². The molecule has 0 atom stereocenters. The minimum atomic E-state index is 0.335. The van der Waals surface area contributed by atoms with Crippen molar-refractivity contribution in [3.8, 4) is 17.0 Å². The van der Waals surface area contributed by atoms with Gasteiger partial charge >= 0.3 is 0 Å². The van der Waals surface area contributed by atoms with Gasteiger partial charge in [0.25, 0.3) is 0 Å². The lowest BCUT2D eigenvalue weighted by molar-refractivity contribution is 0.110. The highest BCUT2D eigenvalue weighted by molar-refractivity contribution is 5.72. The Balaban J connectivity index is 1.92. The number of aryl methyl sites for hydroxylation is 1. The van der Waals surface area contributed by atoms with Crippen LogP contribution in [-0.4, -0.2) is 16.1 Å². The van der Waals surface area contributed by atoms with Crippen LogP contribution in [0.1, 0.15) is 16.1 Å². The Kier molecular flexibility index (Phi) is 2.76. The van der Waals surface area contributed by atoms with Crippen LogP contribution in [0.25, 0.3) is 17.0 Å². The van der Waals surface area contributed by atoms with Gasteiger partial charge in [-0.1, -0.05) is 0 Å². The number of rotatable bonds is 3. The van der Waals surface area contributed by atoms with Crippen LogP contribution >= 0.6 is 0 Å². The van der Waals surface area contributed by atoms with Crippen molar-refractivity contribution in [1.29, 1.82) is 0 Å². The van der Waals surface area contributed by atoms with Crippen molar-refractivity contribution in [3.63, 3.8) is 0 Å². The summed E-state index contributed by atoms with van der Waals surface area (Å²) in [5.74, 6) is 1.02. The molecule has 0 saturated heterocycles. The average Bonchev–Trinajstić information content (AvgIpc) is 3.07. The molecule has 0 fully saturated rings. The number of furan rings is 1. The molecule has 0 aliphatic heterocycles. The van der Waals surface area contributed by atoms with Crippen molar-refractivity contribution < 1.29 is 9.21 Å². The number of aromatic nitrogens is 2. The number of hydrogen-bond donors (Lipinski definition) is 0. The number of carbonyl (C=O) groups is 1. The summed E-state index contributed by atoms with van der Waals surface area (Å²) in [5.41, 5.74) is 3.03. The molecule has 94 valence electrons. The number of carbonyl (C=O) groups excluding carboxylic acids is 1. The summed E-state index contributed by atoms with van der Waals surface area (Å²) in [6.07, 6.45) is 4.48. The number of nitrogens with zero attached hydrogens (tertiary/aromatic N) is 2. The second-order valence-electron chi connectivity index (χ2n) is 4.33. The molecule has 3 rings (SSSR count). The summed E-state index contributed by atoms with van der Waals surface area (Å²) in [6.45, 7) is 2.00. The molecule has 0 N–H and O–H groups in total. The monoisotopic (exact) mass is 252 g/mol. The maximum absolute atomic E-state index is 10.6. The molecule has 2 aromatic heterocycles. The predicted octanol–water partition coefficient (Wildman–Crippen LogP) is 3.25. The molecule has 2 heterocycles. The lowest BCUT2D eigenvalue weighted by Crippen LogP contribution is -1.93. The third-order valence-electron chi connectivity index (χ3n) is 2.87. The molecule has 3 aromatic rings. The van der Waals surface area contributed by atoms with E-state index in [0.29, 0.717) is 17.8 Å². The van der Waals surface area contributed by atoms with E-state index >= 15 is 0 Å². The average molecular weight is 252 g/mol. The molecule has 1 aromatic carbocycles. The summed E-state index contributed by atoms with van der Waals surface area (Å²) in [4.78, 5) is 10.6. The van der Waals surface area contributed by atoms with E-state index in [1.807, 2.05) is 48.3 Å². The maximum atomic E-state index is 10.6. The molecule has 19 heavy (non-hydrogen) atoms. The van der Waals surface area contributed by atoms with Gasteiger partial charge in [-0.15, -0.1) is 0 Å². The normalized spacial score (nSPS) is 10.6. The highest BCUT2D eigenvalue weighted by Crippen LogP contribution is 2.22. The Hall–Kier alpha value is -2.62. The summed E-state index contributed by atoms with van der Waals surface area (Å²) >= 11 is 0. The van der Waals surface area contributed by atoms with Crippen molar-refractivity contribution in [1.82, 2.24) is 9.78 Å². The van der Waals surface area contributed by atoms with Gasteiger partial charge in [0.05, 0.1) is 11.9 Å². The SMILES string of the molecule is Cc1cnn(-c2ccc(-c3ccc(C=O)o3)cc2)c1. The number of aldehydes is 1. The van der Waals surface area contributed by atoms with Gasteiger partial charge in [-0.25, -0.2) is 4.68 Å². The van der Waals surface area contributed by atoms with Crippen LogP contribution in [-0.2, 0) is 0 Å². The second kappa shape index (κ2) is 4.57. The van der Waals surface area contributed by atoms with Crippen LogP contribution in [0.5, 0.6) is 0 Å². The van der Waals surface area contributed by atoms with Gasteiger partial charge in [0.2, 0.25) is 0 Å². The Morgan fingerprint density at radius 3 is 2.53 bits per heavy atom. The molecule has 0 unspecified atom stereocenters. The van der Waals surface area contributed by atoms with Gasteiger partial charge in [0, 0.05) is 11.8 Å².